The van der Waals surface area contributed by atoms with Crippen molar-refractivity contribution in [1.82, 2.24) is 0 Å². The van der Waals surface area contributed by atoms with Gasteiger partial charge >= 0.3 is 11.9 Å². The van der Waals surface area contributed by atoms with Crippen LogP contribution in [-0.2, 0) is 9.59 Å². The lowest BCUT2D eigenvalue weighted by Gasteiger charge is -2.19. The summed E-state index contributed by atoms with van der Waals surface area (Å²) in [6.07, 6.45) is -0.0308. The van der Waals surface area contributed by atoms with Gasteiger partial charge in [-0.05, 0) is 6.42 Å². The van der Waals surface area contributed by atoms with E-state index in [0.717, 1.165) is 10.8 Å². The highest BCUT2D eigenvalue weighted by Crippen LogP contribution is 2.22. The summed E-state index contributed by atoms with van der Waals surface area (Å²) in [5.74, 6) is -2.39. The second-order valence-electron chi connectivity index (χ2n) is 2.69. The van der Waals surface area contributed by atoms with Crippen molar-refractivity contribution < 1.29 is 19.8 Å². The molecule has 1 unspecified atom stereocenters. The Labute approximate surface area is 89.8 Å². The van der Waals surface area contributed by atoms with Gasteiger partial charge in [0.15, 0.2) is 0 Å². The number of carboxylic acid groups (broad SMARTS) is 2. The summed E-state index contributed by atoms with van der Waals surface area (Å²) in [5, 5.41) is 16.5. The summed E-state index contributed by atoms with van der Waals surface area (Å²) in [6, 6.07) is -2.28. The first-order valence-corrected chi connectivity index (χ1v) is 5.60. The molecule has 6 N–H and O–H groups in total. The molecule has 0 fully saturated rings. The minimum absolute atomic E-state index is 0.0308. The maximum absolute atomic E-state index is 10.5. The van der Waals surface area contributed by atoms with Gasteiger partial charge < -0.3 is 21.7 Å². The third kappa shape index (κ3) is 4.18. The predicted molar refractivity (Wildman–Crippen MR) is 56.2 cm³/mol. The number of carbonyl (C=O) groups is 2. The van der Waals surface area contributed by atoms with Crippen molar-refractivity contribution in [1.29, 1.82) is 0 Å². The van der Waals surface area contributed by atoms with Crippen LogP contribution in [-0.4, -0.2) is 39.5 Å². The van der Waals surface area contributed by atoms with Crippen LogP contribution < -0.4 is 11.5 Å². The largest absolute Gasteiger partial charge is 0.480 e. The van der Waals surface area contributed by atoms with E-state index in [2.05, 4.69) is 11.7 Å². The molecular weight excluding hydrogens is 228 g/mol. The number of hydrogen-bond acceptors (Lipinski definition) is 6. The van der Waals surface area contributed by atoms with Crippen LogP contribution in [0.5, 0.6) is 0 Å². The van der Waals surface area contributed by atoms with Gasteiger partial charge in [-0.1, -0.05) is 10.8 Å². The van der Waals surface area contributed by atoms with Gasteiger partial charge in [0.25, 0.3) is 0 Å². The Balaban J connectivity index is 4.28. The average Bonchev–Trinajstić information content (AvgIpc) is 2.12. The SMILES string of the molecule is N[C@H](CC(SS)[C@H](N)C(=O)O)C(=O)O. The number of thiol groups is 1. The second-order valence-corrected chi connectivity index (χ2v) is 4.14. The molecule has 0 aliphatic carbocycles. The lowest BCUT2D eigenvalue weighted by atomic mass is 10.1. The van der Waals surface area contributed by atoms with Crippen molar-refractivity contribution in [3.8, 4) is 0 Å². The van der Waals surface area contributed by atoms with E-state index in [9.17, 15) is 9.59 Å². The molecule has 0 rings (SSSR count). The third-order valence-electron chi connectivity index (χ3n) is 1.62. The second kappa shape index (κ2) is 6.12. The monoisotopic (exact) mass is 240 g/mol. The normalized spacial score (nSPS) is 17.1. The Kier molecular flexibility index (Phi) is 5.93. The Bertz CT molecular complexity index is 226. The van der Waals surface area contributed by atoms with Crippen LogP contribution in [0.2, 0.25) is 0 Å². The number of aliphatic carboxylic acids is 2. The minimum atomic E-state index is -1.20. The molecule has 0 aliphatic heterocycles. The Morgan fingerprint density at radius 1 is 1.29 bits per heavy atom. The molecule has 82 valence electrons. The first-order chi connectivity index (χ1) is 6.40. The summed E-state index contributed by atoms with van der Waals surface area (Å²) in [4.78, 5) is 20.9. The van der Waals surface area contributed by atoms with E-state index in [1.54, 1.807) is 0 Å². The summed E-state index contributed by atoms with van der Waals surface area (Å²) in [5.41, 5.74) is 10.5. The number of nitrogens with two attached hydrogens (primary N) is 2. The van der Waals surface area contributed by atoms with E-state index in [4.69, 9.17) is 21.7 Å². The lowest BCUT2D eigenvalue weighted by Crippen LogP contribution is -2.44. The molecule has 0 aromatic carbocycles. The maximum atomic E-state index is 10.5. The molecule has 0 spiro atoms. The molecule has 6 nitrogen and oxygen atoms in total. The standard InChI is InChI=1S/C6H12N2O4S2/c7-2(5(9)10)1-3(14-13)4(8)6(11)12/h2-4,13H,1,7-8H2,(H,9,10)(H,11,12)/t2-,3?,4+/m1/s1. The highest BCUT2D eigenvalue weighted by Gasteiger charge is 2.28. The number of rotatable bonds is 6. The molecule has 0 radical (unpaired) electrons. The van der Waals surface area contributed by atoms with Crippen molar-refractivity contribution in [2.45, 2.75) is 23.8 Å². The van der Waals surface area contributed by atoms with Crippen molar-refractivity contribution in [2.75, 3.05) is 0 Å². The zero-order valence-corrected chi connectivity index (χ0v) is 8.87. The highest BCUT2D eigenvalue weighted by molar-refractivity contribution is 8.68. The van der Waals surface area contributed by atoms with Crippen molar-refractivity contribution in [3.63, 3.8) is 0 Å². The van der Waals surface area contributed by atoms with Gasteiger partial charge in [0.2, 0.25) is 0 Å². The molecule has 0 heterocycles. The Morgan fingerprint density at radius 3 is 2.07 bits per heavy atom. The predicted octanol–water partition coefficient (Wildman–Crippen LogP) is -0.853. The lowest BCUT2D eigenvalue weighted by molar-refractivity contribution is -0.140. The van der Waals surface area contributed by atoms with Crippen LogP contribution in [0.25, 0.3) is 0 Å². The molecule has 0 saturated heterocycles. The van der Waals surface area contributed by atoms with E-state index in [-0.39, 0.29) is 6.42 Å². The first-order valence-electron chi connectivity index (χ1n) is 3.67. The molecule has 3 atom stereocenters. The van der Waals surface area contributed by atoms with Crippen LogP contribution in [0, 0.1) is 0 Å². The molecule has 8 heteroatoms. The third-order valence-corrected chi connectivity index (χ3v) is 3.19. The number of hydrogen-bond donors (Lipinski definition) is 5. The Hall–Kier alpha value is -0.440. The zero-order valence-electron chi connectivity index (χ0n) is 7.16. The van der Waals surface area contributed by atoms with Gasteiger partial charge in [-0.3, -0.25) is 9.59 Å². The molecule has 0 aromatic heterocycles. The van der Waals surface area contributed by atoms with Crippen molar-refractivity contribution >= 4 is 34.4 Å². The van der Waals surface area contributed by atoms with Gasteiger partial charge in [-0.15, -0.1) is 11.7 Å². The van der Waals surface area contributed by atoms with E-state index in [0.29, 0.717) is 0 Å². The highest BCUT2D eigenvalue weighted by atomic mass is 33.1. The fourth-order valence-electron chi connectivity index (χ4n) is 0.765. The summed E-state index contributed by atoms with van der Waals surface area (Å²) in [6.45, 7) is 0. The minimum Gasteiger partial charge on any atom is -0.480 e. The van der Waals surface area contributed by atoms with Crippen LogP contribution in [0.1, 0.15) is 6.42 Å². The quantitative estimate of drug-likeness (QED) is 0.302. The van der Waals surface area contributed by atoms with Crippen molar-refractivity contribution in [3.05, 3.63) is 0 Å². The molecule has 0 saturated carbocycles. The van der Waals surface area contributed by atoms with Gasteiger partial charge in [0.1, 0.15) is 12.1 Å². The number of carboxylic acids is 2. The molecule has 0 aliphatic rings. The van der Waals surface area contributed by atoms with Crippen LogP contribution in [0.3, 0.4) is 0 Å². The summed E-state index contributed by atoms with van der Waals surface area (Å²) in [7, 11) is 0.897. The van der Waals surface area contributed by atoms with E-state index in [1.807, 2.05) is 0 Å². The Morgan fingerprint density at radius 2 is 1.79 bits per heavy atom. The smallest absolute Gasteiger partial charge is 0.321 e. The van der Waals surface area contributed by atoms with Crippen LogP contribution in [0.15, 0.2) is 0 Å². The molecular formula is C6H12N2O4S2. The first kappa shape index (κ1) is 13.6. The van der Waals surface area contributed by atoms with E-state index in [1.165, 1.54) is 0 Å². The maximum Gasteiger partial charge on any atom is 0.321 e. The fourth-order valence-corrected chi connectivity index (χ4v) is 1.96. The van der Waals surface area contributed by atoms with Crippen LogP contribution >= 0.6 is 22.5 Å². The average molecular weight is 240 g/mol. The van der Waals surface area contributed by atoms with Gasteiger partial charge in [0.05, 0.1) is 0 Å². The van der Waals surface area contributed by atoms with E-state index >= 15 is 0 Å². The summed E-state index contributed by atoms with van der Waals surface area (Å²) < 4.78 is 0. The zero-order chi connectivity index (χ0) is 11.3. The van der Waals surface area contributed by atoms with Gasteiger partial charge in [0, 0.05) is 5.25 Å². The molecule has 0 amide bonds. The van der Waals surface area contributed by atoms with Gasteiger partial charge in [-0.25, -0.2) is 0 Å². The topological polar surface area (TPSA) is 127 Å². The van der Waals surface area contributed by atoms with Gasteiger partial charge in [-0.2, -0.15) is 0 Å². The fraction of sp³-hybridized carbons (Fsp3) is 0.667. The van der Waals surface area contributed by atoms with E-state index < -0.39 is 29.3 Å². The van der Waals surface area contributed by atoms with Crippen LogP contribution in [0.4, 0.5) is 0 Å². The van der Waals surface area contributed by atoms with Crippen molar-refractivity contribution in [2.24, 2.45) is 11.5 Å². The molecule has 0 bridgehead atoms. The molecule has 14 heavy (non-hydrogen) atoms. The molecule has 0 aromatic rings. The summed E-state index contributed by atoms with van der Waals surface area (Å²) >= 11 is 3.82.